The molecule has 0 aromatic rings. The number of hydrogen-bond acceptors (Lipinski definition) is 3. The zero-order chi connectivity index (χ0) is 9.23. The van der Waals surface area contributed by atoms with Crippen molar-refractivity contribution in [2.24, 2.45) is 0 Å². The van der Waals surface area contributed by atoms with Crippen molar-refractivity contribution in [3.8, 4) is 0 Å². The topological polar surface area (TPSA) is 9.72 Å². The predicted octanol–water partition coefficient (Wildman–Crippen LogP) is -0.286. The van der Waals surface area contributed by atoms with Crippen molar-refractivity contribution >= 4 is 15.2 Å². The first-order valence-corrected chi connectivity index (χ1v) is 6.20. The Morgan fingerprint density at radius 2 is 0.909 bits per heavy atom. The Morgan fingerprint density at radius 1 is 0.727 bits per heavy atom. The molecule has 0 spiro atoms. The van der Waals surface area contributed by atoms with Crippen LogP contribution in [0.15, 0.2) is 0 Å². The van der Waals surface area contributed by atoms with Crippen molar-refractivity contribution in [2.75, 3.05) is 42.3 Å². The summed E-state index contributed by atoms with van der Waals surface area (Å²) >= 11 is 0. The molecule has 0 saturated carbocycles. The van der Waals surface area contributed by atoms with E-state index in [0.717, 1.165) is 0 Å². The van der Waals surface area contributed by atoms with Crippen LogP contribution in [0.2, 0.25) is 0 Å². The van der Waals surface area contributed by atoms with E-state index < -0.39 is 7.59 Å². The van der Waals surface area contributed by atoms with Crippen LogP contribution in [0.5, 0.6) is 0 Å². The van der Waals surface area contributed by atoms with Crippen LogP contribution < -0.4 is 0 Å². The van der Waals surface area contributed by atoms with Crippen LogP contribution in [0.3, 0.4) is 0 Å². The van der Waals surface area contributed by atoms with Gasteiger partial charge in [-0.3, -0.25) is 0 Å². The van der Waals surface area contributed by atoms with Crippen LogP contribution in [0.25, 0.3) is 0 Å². The van der Waals surface area contributed by atoms with Crippen molar-refractivity contribution in [2.45, 2.75) is 0 Å². The molecular formula is C6H21BN3P. The van der Waals surface area contributed by atoms with E-state index in [-0.39, 0.29) is 0 Å². The summed E-state index contributed by atoms with van der Waals surface area (Å²) in [4.78, 5) is 0. The Hall–Kier alpha value is 0.375. The van der Waals surface area contributed by atoms with Gasteiger partial charge in [0, 0.05) is 0 Å². The molecule has 0 aliphatic carbocycles. The van der Waals surface area contributed by atoms with Crippen molar-refractivity contribution in [1.82, 2.24) is 14.0 Å². The van der Waals surface area contributed by atoms with Gasteiger partial charge in [-0.2, -0.15) is 0 Å². The first-order chi connectivity index (χ1) is 4.83. The average molecular weight is 177 g/mol. The summed E-state index contributed by atoms with van der Waals surface area (Å²) in [6, 6.07) is 0. The summed E-state index contributed by atoms with van der Waals surface area (Å²) in [5, 5.41) is 0. The van der Waals surface area contributed by atoms with Crippen LogP contribution in [0.4, 0.5) is 0 Å². The molecule has 11 heavy (non-hydrogen) atoms. The van der Waals surface area contributed by atoms with Gasteiger partial charge in [0.2, 0.25) is 0 Å². The normalized spacial score (nSPS) is 15.0. The van der Waals surface area contributed by atoms with Crippen molar-refractivity contribution in [3.63, 3.8) is 0 Å². The van der Waals surface area contributed by atoms with Crippen LogP contribution in [0.1, 0.15) is 0 Å². The molecular weight excluding hydrogens is 156 g/mol. The van der Waals surface area contributed by atoms with Gasteiger partial charge in [0.05, 0.1) is 0 Å². The molecule has 0 radical (unpaired) electrons. The molecule has 0 bridgehead atoms. The maximum absolute atomic E-state index is 2.33. The van der Waals surface area contributed by atoms with Gasteiger partial charge in [0.15, 0.2) is 0 Å². The molecule has 0 aliphatic heterocycles. The maximum atomic E-state index is 2.33. The van der Waals surface area contributed by atoms with Gasteiger partial charge in [-0.25, -0.2) is 0 Å². The van der Waals surface area contributed by atoms with E-state index in [1.807, 2.05) is 0 Å². The second kappa shape index (κ2) is 3.86. The number of nitrogens with zero attached hydrogens (tertiary/aromatic N) is 3. The fraction of sp³-hybridized carbons (Fsp3) is 1.00. The molecule has 0 heterocycles. The molecule has 68 valence electrons. The Morgan fingerprint density at radius 3 is 0.909 bits per heavy atom. The summed E-state index contributed by atoms with van der Waals surface area (Å²) in [5.74, 6) is 0. The third-order valence-electron chi connectivity index (χ3n) is 2.54. The van der Waals surface area contributed by atoms with E-state index in [4.69, 9.17) is 0 Å². The van der Waals surface area contributed by atoms with E-state index in [0.29, 0.717) is 0 Å². The molecule has 0 aromatic carbocycles. The summed E-state index contributed by atoms with van der Waals surface area (Å²) in [6.07, 6.45) is 0. The monoisotopic (exact) mass is 177 g/mol. The molecule has 0 aliphatic rings. The SMILES string of the molecule is B[PH](N(C)C)(N(C)C)N(C)C. The molecule has 0 fully saturated rings. The summed E-state index contributed by atoms with van der Waals surface area (Å²) in [5.41, 5.74) is 0. The fourth-order valence-electron chi connectivity index (χ4n) is 1.20. The molecule has 0 unspecified atom stereocenters. The Bertz CT molecular complexity index is 105. The van der Waals surface area contributed by atoms with E-state index >= 15 is 0 Å². The Labute approximate surface area is 72.2 Å². The van der Waals surface area contributed by atoms with Crippen LogP contribution >= 0.6 is 7.59 Å². The summed E-state index contributed by atoms with van der Waals surface area (Å²) in [7, 11) is 13.7. The predicted molar refractivity (Wildman–Crippen MR) is 57.9 cm³/mol. The van der Waals surface area contributed by atoms with Gasteiger partial charge in [-0.15, -0.1) is 0 Å². The minimum absolute atomic E-state index is 1.48. The third kappa shape index (κ3) is 2.16. The quantitative estimate of drug-likeness (QED) is 0.433. The van der Waals surface area contributed by atoms with Crippen molar-refractivity contribution in [1.29, 1.82) is 0 Å². The molecule has 0 N–H and O–H groups in total. The standard InChI is InChI=1S/C6H21BN3P/c1-8(2)11(7,9(3)4)10(5)6/h11H,7H2,1-6H3. The molecule has 3 nitrogen and oxygen atoms in total. The molecule has 0 amide bonds. The van der Waals surface area contributed by atoms with Gasteiger partial charge in [-0.1, -0.05) is 0 Å². The number of hydrogen-bond donors (Lipinski definition) is 0. The third-order valence-corrected chi connectivity index (χ3v) is 7.62. The average Bonchev–Trinajstić information content (AvgIpc) is 1.84. The van der Waals surface area contributed by atoms with Gasteiger partial charge < -0.3 is 0 Å². The van der Waals surface area contributed by atoms with Crippen molar-refractivity contribution in [3.05, 3.63) is 0 Å². The molecule has 0 rings (SSSR count). The molecule has 0 saturated heterocycles. The van der Waals surface area contributed by atoms with Gasteiger partial charge >= 0.3 is 71.5 Å². The van der Waals surface area contributed by atoms with Crippen LogP contribution in [-0.4, -0.2) is 63.9 Å². The van der Waals surface area contributed by atoms with E-state index in [2.05, 4.69) is 63.9 Å². The first kappa shape index (κ1) is 11.4. The summed E-state index contributed by atoms with van der Waals surface area (Å²) < 4.78 is 6.98. The summed E-state index contributed by atoms with van der Waals surface area (Å²) in [6.45, 7) is 0. The minimum atomic E-state index is -1.48. The molecule has 0 aromatic heterocycles. The second-order valence-electron chi connectivity index (χ2n) is 3.65. The molecule has 5 heteroatoms. The van der Waals surface area contributed by atoms with E-state index in [1.54, 1.807) is 0 Å². The van der Waals surface area contributed by atoms with Crippen molar-refractivity contribution < 1.29 is 0 Å². The number of rotatable bonds is 3. The van der Waals surface area contributed by atoms with Crippen LogP contribution in [0, 0.1) is 0 Å². The van der Waals surface area contributed by atoms with E-state index in [1.165, 1.54) is 0 Å². The second-order valence-corrected chi connectivity index (χ2v) is 8.28. The zero-order valence-electron chi connectivity index (χ0n) is 8.84. The van der Waals surface area contributed by atoms with Crippen LogP contribution in [-0.2, 0) is 0 Å². The fourth-order valence-corrected chi connectivity index (χ4v) is 3.60. The van der Waals surface area contributed by atoms with Gasteiger partial charge in [0.1, 0.15) is 0 Å². The zero-order valence-corrected chi connectivity index (χ0v) is 9.84. The van der Waals surface area contributed by atoms with Gasteiger partial charge in [-0.05, 0) is 0 Å². The molecule has 0 atom stereocenters. The van der Waals surface area contributed by atoms with E-state index in [9.17, 15) is 0 Å². The Kier molecular flexibility index (Phi) is 3.99. The first-order valence-electron chi connectivity index (χ1n) is 3.85. The van der Waals surface area contributed by atoms with Gasteiger partial charge in [0.25, 0.3) is 0 Å². The Balaban J connectivity index is 4.53.